The van der Waals surface area contributed by atoms with E-state index < -0.39 is 35.2 Å². The second kappa shape index (κ2) is 20.8. The molecule has 0 heterocycles. The molecule has 2 nitrogen and oxygen atoms in total. The zero-order valence-corrected chi connectivity index (χ0v) is 32.1. The maximum Gasteiger partial charge on any atom is 0.0714 e. The predicted molar refractivity (Wildman–Crippen MR) is 187 cm³/mol. The first-order valence-electron chi connectivity index (χ1n) is 16.5. The molecule has 0 atom stereocenters. The van der Waals surface area contributed by atoms with Crippen LogP contribution in [0.3, 0.4) is 0 Å². The summed E-state index contributed by atoms with van der Waals surface area (Å²) in [5.41, 5.74) is 3.35. The monoisotopic (exact) mass is 594 g/mol. The van der Waals surface area contributed by atoms with Crippen LogP contribution in [0.4, 0.5) is 0 Å². The summed E-state index contributed by atoms with van der Waals surface area (Å²) < 4.78 is 13.0. The van der Waals surface area contributed by atoms with Crippen LogP contribution in [0.1, 0.15) is 102 Å². The second-order valence-electron chi connectivity index (χ2n) is 12.9. The van der Waals surface area contributed by atoms with Crippen molar-refractivity contribution in [3.05, 3.63) is 11.1 Å². The lowest BCUT2D eigenvalue weighted by molar-refractivity contribution is 0.116. The van der Waals surface area contributed by atoms with Gasteiger partial charge in [-0.3, -0.25) is 0 Å². The van der Waals surface area contributed by atoms with Crippen LogP contribution in [0.15, 0.2) is 0 Å². The Kier molecular flexibility index (Phi) is 19.7. The average molecular weight is 595 g/mol. The van der Waals surface area contributed by atoms with E-state index in [0.29, 0.717) is 0 Å². The number of rotatable bonds is 22. The minimum atomic E-state index is -1.02. The maximum absolute atomic E-state index is 6.51. The van der Waals surface area contributed by atoms with Gasteiger partial charge in [-0.25, -0.2) is 0 Å². The molecule has 1 aromatic carbocycles. The lowest BCUT2D eigenvalue weighted by Crippen LogP contribution is -2.61. The molecule has 0 spiro atoms. The normalized spacial score (nSPS) is 12.2. The van der Waals surface area contributed by atoms with Gasteiger partial charge in [0.05, 0.1) is 48.4 Å². The largest absolute Gasteiger partial charge is 0.377 e. The first kappa shape index (κ1) is 36.0. The van der Waals surface area contributed by atoms with Crippen LogP contribution < -0.4 is 20.7 Å². The van der Waals surface area contributed by atoms with Crippen molar-refractivity contribution in [3.8, 4) is 0 Å². The third-order valence-electron chi connectivity index (χ3n) is 7.97. The van der Waals surface area contributed by atoms with E-state index in [9.17, 15) is 0 Å². The van der Waals surface area contributed by atoms with Gasteiger partial charge in [0.15, 0.2) is 0 Å². The predicted octanol–water partition coefficient (Wildman–Crippen LogP) is 6.22. The van der Waals surface area contributed by atoms with Gasteiger partial charge in [-0.05, 0) is 24.0 Å². The Morgan fingerprint density at radius 1 is 0.395 bits per heavy atom. The molecule has 0 fully saturated rings. The number of hydrogen-bond donors (Lipinski definition) is 0. The standard InChI is InChI=1S/C32H66O2Si4/c1-11-13-15-17-19-21-23-33-25-27-29(35(3)4)31(37(7)8)28(32(38(9)10)30(27)36(5)6)26-34-24-22-20-18-16-14-12-2/h35-38H,11-26H2,1-10H3. The molecule has 0 aliphatic carbocycles. The molecular formula is C32H66O2Si4. The smallest absolute Gasteiger partial charge is 0.0714 e. The minimum Gasteiger partial charge on any atom is -0.377 e. The molecule has 0 amide bonds. The SMILES string of the molecule is CCCCCCCCOCc1c([SiH](C)C)c([SiH](C)C)c(COCCCCCCCC)c([SiH](C)C)c1[SiH](C)C. The van der Waals surface area contributed by atoms with E-state index in [4.69, 9.17) is 9.47 Å². The number of unbranched alkanes of at least 4 members (excludes halogenated alkanes) is 10. The highest BCUT2D eigenvalue weighted by Crippen LogP contribution is 2.11. The van der Waals surface area contributed by atoms with Crippen LogP contribution in [0.2, 0.25) is 52.4 Å². The summed E-state index contributed by atoms with van der Waals surface area (Å²) in [5.74, 6) is 0. The highest BCUT2D eigenvalue weighted by Gasteiger charge is 2.29. The summed E-state index contributed by atoms with van der Waals surface area (Å²) in [7, 11) is -4.07. The molecule has 0 saturated carbocycles. The highest BCUT2D eigenvalue weighted by atomic mass is 28.3. The summed E-state index contributed by atoms with van der Waals surface area (Å²) in [5, 5.41) is 7.18. The zero-order valence-electron chi connectivity index (χ0n) is 27.4. The van der Waals surface area contributed by atoms with E-state index in [2.05, 4.69) is 66.2 Å². The van der Waals surface area contributed by atoms with Gasteiger partial charge in [-0.1, -0.05) is 151 Å². The van der Waals surface area contributed by atoms with Gasteiger partial charge in [-0.15, -0.1) is 0 Å². The number of benzene rings is 1. The lowest BCUT2D eigenvalue weighted by atomic mass is 10.1. The molecule has 0 aliphatic rings. The molecular weight excluding hydrogens is 529 g/mol. The van der Waals surface area contributed by atoms with Crippen molar-refractivity contribution in [2.45, 2.75) is 156 Å². The summed E-state index contributed by atoms with van der Waals surface area (Å²) in [6.07, 6.45) is 16.0. The average Bonchev–Trinajstić information content (AvgIpc) is 2.85. The molecule has 0 aromatic heterocycles. The molecule has 1 rings (SSSR count). The zero-order chi connectivity index (χ0) is 28.5. The molecule has 0 unspecified atom stereocenters. The van der Waals surface area contributed by atoms with E-state index >= 15 is 0 Å². The van der Waals surface area contributed by atoms with Crippen LogP contribution in [-0.4, -0.2) is 48.4 Å². The Hall–Kier alpha value is 0.00753. The summed E-state index contributed by atoms with van der Waals surface area (Å²) in [6.45, 7) is 28.7. The third-order valence-corrected chi connectivity index (χ3v) is 15.9. The van der Waals surface area contributed by atoms with Gasteiger partial charge in [0.2, 0.25) is 0 Å². The molecule has 222 valence electrons. The van der Waals surface area contributed by atoms with Crippen molar-refractivity contribution >= 4 is 55.9 Å². The first-order valence-corrected chi connectivity index (χ1v) is 28.1. The van der Waals surface area contributed by atoms with E-state index in [0.717, 1.165) is 26.4 Å². The third kappa shape index (κ3) is 12.3. The van der Waals surface area contributed by atoms with Gasteiger partial charge in [0, 0.05) is 13.2 Å². The topological polar surface area (TPSA) is 18.5 Å². The van der Waals surface area contributed by atoms with E-state index in [1.807, 2.05) is 0 Å². The number of hydrogen-bond acceptors (Lipinski definition) is 2. The van der Waals surface area contributed by atoms with Crippen LogP contribution in [0.25, 0.3) is 0 Å². The van der Waals surface area contributed by atoms with Gasteiger partial charge in [0.25, 0.3) is 0 Å². The van der Waals surface area contributed by atoms with Crippen LogP contribution >= 0.6 is 0 Å². The second-order valence-corrected chi connectivity index (χ2v) is 24.4. The number of ether oxygens (including phenoxy) is 2. The molecule has 0 radical (unpaired) electrons. The molecule has 1 aromatic rings. The fraction of sp³-hybridized carbons (Fsp3) is 0.812. The van der Waals surface area contributed by atoms with Crippen molar-refractivity contribution in [1.82, 2.24) is 0 Å². The molecule has 6 heteroatoms. The summed E-state index contributed by atoms with van der Waals surface area (Å²) in [6, 6.07) is 0. The van der Waals surface area contributed by atoms with Crippen molar-refractivity contribution in [3.63, 3.8) is 0 Å². The van der Waals surface area contributed by atoms with Crippen molar-refractivity contribution in [2.75, 3.05) is 13.2 Å². The Balaban J connectivity index is 3.23. The Morgan fingerprint density at radius 2 is 0.658 bits per heavy atom. The van der Waals surface area contributed by atoms with Gasteiger partial charge >= 0.3 is 0 Å². The van der Waals surface area contributed by atoms with Crippen LogP contribution in [0.5, 0.6) is 0 Å². The first-order chi connectivity index (χ1) is 18.2. The van der Waals surface area contributed by atoms with Crippen LogP contribution in [0, 0.1) is 0 Å². The molecule has 0 bridgehead atoms. The van der Waals surface area contributed by atoms with E-state index in [1.165, 1.54) is 77.0 Å². The Bertz CT molecular complexity index is 658. The highest BCUT2D eigenvalue weighted by molar-refractivity contribution is 6.88. The summed E-state index contributed by atoms with van der Waals surface area (Å²) in [4.78, 5) is 0. The van der Waals surface area contributed by atoms with Gasteiger partial charge in [0.1, 0.15) is 0 Å². The Morgan fingerprint density at radius 3 is 0.921 bits per heavy atom. The van der Waals surface area contributed by atoms with Crippen molar-refractivity contribution in [2.24, 2.45) is 0 Å². The molecule has 0 saturated heterocycles. The minimum absolute atomic E-state index is 0.858. The molecule has 0 aliphatic heterocycles. The van der Waals surface area contributed by atoms with Gasteiger partial charge < -0.3 is 9.47 Å². The van der Waals surface area contributed by atoms with Crippen molar-refractivity contribution in [1.29, 1.82) is 0 Å². The quantitative estimate of drug-likeness (QED) is 0.117. The van der Waals surface area contributed by atoms with E-state index in [1.54, 1.807) is 31.9 Å². The van der Waals surface area contributed by atoms with Crippen molar-refractivity contribution < 1.29 is 9.47 Å². The Labute approximate surface area is 245 Å². The maximum atomic E-state index is 6.51. The molecule has 0 N–H and O–H groups in total. The fourth-order valence-corrected chi connectivity index (χ4v) is 17.5. The van der Waals surface area contributed by atoms with Crippen LogP contribution in [-0.2, 0) is 22.7 Å². The lowest BCUT2D eigenvalue weighted by Gasteiger charge is -2.32. The van der Waals surface area contributed by atoms with Gasteiger partial charge in [-0.2, -0.15) is 0 Å². The fourth-order valence-electron chi connectivity index (χ4n) is 6.21. The summed E-state index contributed by atoms with van der Waals surface area (Å²) >= 11 is 0. The molecule has 38 heavy (non-hydrogen) atoms. The van der Waals surface area contributed by atoms with E-state index in [-0.39, 0.29) is 0 Å².